The van der Waals surface area contributed by atoms with Crippen LogP contribution in [0.3, 0.4) is 0 Å². The van der Waals surface area contributed by atoms with E-state index in [2.05, 4.69) is 15.5 Å². The first-order valence-corrected chi connectivity index (χ1v) is 10.7. The third-order valence-corrected chi connectivity index (χ3v) is 5.57. The first-order valence-electron chi connectivity index (χ1n) is 9.72. The summed E-state index contributed by atoms with van der Waals surface area (Å²) in [5.74, 6) is 2.58. The van der Waals surface area contributed by atoms with Crippen molar-refractivity contribution in [2.24, 2.45) is 0 Å². The monoisotopic (exact) mass is 431 g/mol. The van der Waals surface area contributed by atoms with Crippen LogP contribution in [0, 0.1) is 13.8 Å². The summed E-state index contributed by atoms with van der Waals surface area (Å²) >= 11 is 1.54. The molecule has 0 unspecified atom stereocenters. The average Bonchev–Trinajstić information content (AvgIpc) is 3.20. The number of pyridine rings is 1. The number of anilines is 1. The fourth-order valence-corrected chi connectivity index (χ4v) is 3.91. The van der Waals surface area contributed by atoms with Gasteiger partial charge in [-0.05, 0) is 61.9 Å². The highest BCUT2D eigenvalue weighted by molar-refractivity contribution is 7.98. The number of benzene rings is 2. The van der Waals surface area contributed by atoms with Gasteiger partial charge in [0.05, 0.1) is 23.2 Å². The highest BCUT2D eigenvalue weighted by atomic mass is 32.2. The van der Waals surface area contributed by atoms with E-state index in [0.29, 0.717) is 28.5 Å². The van der Waals surface area contributed by atoms with Crippen LogP contribution in [-0.4, -0.2) is 16.0 Å². The van der Waals surface area contributed by atoms with Crippen LogP contribution in [0.5, 0.6) is 11.5 Å². The van der Waals surface area contributed by atoms with Gasteiger partial charge in [0.2, 0.25) is 0 Å². The van der Waals surface area contributed by atoms with Crippen molar-refractivity contribution in [1.29, 1.82) is 0 Å². The van der Waals surface area contributed by atoms with Gasteiger partial charge in [0, 0.05) is 22.8 Å². The molecule has 0 atom stereocenters. The Morgan fingerprint density at radius 3 is 2.71 bits per heavy atom. The Hall–Kier alpha value is -3.58. The van der Waals surface area contributed by atoms with Crippen molar-refractivity contribution in [2.75, 3.05) is 5.32 Å². The highest BCUT2D eigenvalue weighted by Crippen LogP contribution is 2.29. The quantitative estimate of drug-likeness (QED) is 0.360. The van der Waals surface area contributed by atoms with Gasteiger partial charge in [0.1, 0.15) is 17.3 Å². The van der Waals surface area contributed by atoms with E-state index in [1.54, 1.807) is 12.4 Å². The standard InChI is InChI=1S/C24H21N3O3S/c1-16-12-18(9-10-22(16)29-19-6-5-11-25-14-19)26-24(28)21-7-3-4-8-23(21)31-15-20-13-17(2)27-30-20/h3-14H,15H2,1-2H3,(H,26,28). The molecule has 2 heterocycles. The van der Waals surface area contributed by atoms with E-state index in [0.717, 1.165) is 21.9 Å². The number of carbonyl (C=O) groups is 1. The number of thioether (sulfide) groups is 1. The topological polar surface area (TPSA) is 77.2 Å². The molecule has 4 rings (SSSR count). The molecule has 0 spiro atoms. The minimum Gasteiger partial charge on any atom is -0.455 e. The van der Waals surface area contributed by atoms with Crippen molar-refractivity contribution in [2.45, 2.75) is 24.5 Å². The fraction of sp³-hybridized carbons (Fsp3) is 0.125. The summed E-state index contributed by atoms with van der Waals surface area (Å²) in [6.07, 6.45) is 3.35. The number of aromatic nitrogens is 2. The number of hydrogen-bond acceptors (Lipinski definition) is 6. The second-order valence-corrected chi connectivity index (χ2v) is 7.96. The first-order chi connectivity index (χ1) is 15.1. The number of aryl methyl sites for hydroxylation is 2. The Balaban J connectivity index is 1.45. The number of rotatable bonds is 7. The molecule has 0 radical (unpaired) electrons. The molecule has 6 nitrogen and oxygen atoms in total. The molecule has 156 valence electrons. The molecule has 1 amide bonds. The Labute approximate surface area is 184 Å². The van der Waals surface area contributed by atoms with Crippen molar-refractivity contribution in [3.05, 3.63) is 95.6 Å². The molecule has 31 heavy (non-hydrogen) atoms. The van der Waals surface area contributed by atoms with Gasteiger partial charge in [-0.1, -0.05) is 17.3 Å². The molecule has 0 aliphatic heterocycles. The summed E-state index contributed by atoms with van der Waals surface area (Å²) in [5.41, 5.74) is 3.06. The lowest BCUT2D eigenvalue weighted by Crippen LogP contribution is -2.13. The molecule has 2 aromatic carbocycles. The van der Waals surface area contributed by atoms with Crippen LogP contribution in [0.1, 0.15) is 27.4 Å². The third kappa shape index (κ3) is 5.32. The maximum Gasteiger partial charge on any atom is 0.256 e. The lowest BCUT2D eigenvalue weighted by molar-refractivity contribution is 0.102. The van der Waals surface area contributed by atoms with Crippen molar-refractivity contribution >= 4 is 23.4 Å². The van der Waals surface area contributed by atoms with E-state index in [1.165, 1.54) is 11.8 Å². The van der Waals surface area contributed by atoms with Crippen LogP contribution in [0.4, 0.5) is 5.69 Å². The normalized spacial score (nSPS) is 10.6. The van der Waals surface area contributed by atoms with Crippen molar-refractivity contribution in [3.8, 4) is 11.5 Å². The lowest BCUT2D eigenvalue weighted by atomic mass is 10.1. The van der Waals surface area contributed by atoms with Crippen molar-refractivity contribution in [1.82, 2.24) is 10.1 Å². The van der Waals surface area contributed by atoms with Gasteiger partial charge in [0.25, 0.3) is 5.91 Å². The third-order valence-electron chi connectivity index (χ3n) is 4.47. The van der Waals surface area contributed by atoms with E-state index >= 15 is 0 Å². The Morgan fingerprint density at radius 1 is 1.10 bits per heavy atom. The van der Waals surface area contributed by atoms with Gasteiger partial charge in [0.15, 0.2) is 0 Å². The summed E-state index contributed by atoms with van der Waals surface area (Å²) in [6.45, 7) is 3.82. The zero-order chi connectivity index (χ0) is 21.6. The van der Waals surface area contributed by atoms with E-state index < -0.39 is 0 Å². The summed E-state index contributed by atoms with van der Waals surface area (Å²) in [4.78, 5) is 17.9. The second-order valence-electron chi connectivity index (χ2n) is 6.94. The molecule has 0 saturated carbocycles. The van der Waals surface area contributed by atoms with Gasteiger partial charge in [-0.15, -0.1) is 11.8 Å². The minimum absolute atomic E-state index is 0.169. The summed E-state index contributed by atoms with van der Waals surface area (Å²) < 4.78 is 11.1. The van der Waals surface area contributed by atoms with Gasteiger partial charge in [-0.2, -0.15) is 0 Å². The fourth-order valence-electron chi connectivity index (χ4n) is 2.99. The Kier molecular flexibility index (Phi) is 6.33. The van der Waals surface area contributed by atoms with E-state index in [4.69, 9.17) is 9.26 Å². The molecule has 0 aliphatic carbocycles. The smallest absolute Gasteiger partial charge is 0.256 e. The molecule has 7 heteroatoms. The molecular formula is C24H21N3O3S. The van der Waals surface area contributed by atoms with Crippen molar-refractivity contribution < 1.29 is 14.1 Å². The van der Waals surface area contributed by atoms with Crippen LogP contribution < -0.4 is 10.1 Å². The van der Waals surface area contributed by atoms with E-state index in [9.17, 15) is 4.79 Å². The SMILES string of the molecule is Cc1cc(CSc2ccccc2C(=O)Nc2ccc(Oc3cccnc3)c(C)c2)on1. The largest absolute Gasteiger partial charge is 0.455 e. The molecule has 2 aromatic heterocycles. The van der Waals surface area contributed by atoms with Gasteiger partial charge < -0.3 is 14.6 Å². The van der Waals surface area contributed by atoms with Crippen molar-refractivity contribution in [3.63, 3.8) is 0 Å². The number of nitrogens with zero attached hydrogens (tertiary/aromatic N) is 2. The van der Waals surface area contributed by atoms with Crippen LogP contribution in [0.25, 0.3) is 0 Å². The zero-order valence-corrected chi connectivity index (χ0v) is 18.0. The Bertz CT molecular complexity index is 1190. The number of amides is 1. The number of ether oxygens (including phenoxy) is 1. The summed E-state index contributed by atoms with van der Waals surface area (Å²) in [5, 5.41) is 6.88. The molecular weight excluding hydrogens is 410 g/mol. The number of carbonyl (C=O) groups excluding carboxylic acids is 1. The zero-order valence-electron chi connectivity index (χ0n) is 17.2. The molecule has 0 bridgehead atoms. The highest BCUT2D eigenvalue weighted by Gasteiger charge is 2.13. The van der Waals surface area contributed by atoms with E-state index in [-0.39, 0.29) is 5.91 Å². The predicted octanol–water partition coefficient (Wildman–Crippen LogP) is 6.02. The first kappa shape index (κ1) is 20.7. The molecule has 1 N–H and O–H groups in total. The lowest BCUT2D eigenvalue weighted by Gasteiger charge is -2.12. The summed E-state index contributed by atoms with van der Waals surface area (Å²) in [6, 6.07) is 18.6. The molecule has 0 fully saturated rings. The average molecular weight is 432 g/mol. The molecule has 0 saturated heterocycles. The molecule has 0 aliphatic rings. The van der Waals surface area contributed by atoms with Crippen LogP contribution in [0.2, 0.25) is 0 Å². The Morgan fingerprint density at radius 2 is 1.97 bits per heavy atom. The predicted molar refractivity (Wildman–Crippen MR) is 121 cm³/mol. The van der Waals surface area contributed by atoms with Crippen LogP contribution in [-0.2, 0) is 5.75 Å². The number of nitrogens with one attached hydrogen (secondary N) is 1. The van der Waals surface area contributed by atoms with Gasteiger partial charge >= 0.3 is 0 Å². The number of hydrogen-bond donors (Lipinski definition) is 1. The van der Waals surface area contributed by atoms with Gasteiger partial charge in [-0.3, -0.25) is 9.78 Å². The maximum absolute atomic E-state index is 12.9. The summed E-state index contributed by atoms with van der Waals surface area (Å²) in [7, 11) is 0. The molecule has 4 aromatic rings. The van der Waals surface area contributed by atoms with E-state index in [1.807, 2.05) is 74.5 Å². The minimum atomic E-state index is -0.169. The second kappa shape index (κ2) is 9.49. The van der Waals surface area contributed by atoms with Gasteiger partial charge in [-0.25, -0.2) is 0 Å². The van der Waals surface area contributed by atoms with Crippen LogP contribution >= 0.6 is 11.8 Å². The van der Waals surface area contributed by atoms with Crippen LogP contribution in [0.15, 0.2) is 82.5 Å². The maximum atomic E-state index is 12.9.